The molecule has 1 aliphatic rings. The van der Waals surface area contributed by atoms with Crippen LogP contribution in [-0.2, 0) is 0 Å². The van der Waals surface area contributed by atoms with Gasteiger partial charge >= 0.3 is 5.63 Å². The number of hydrogen-bond donors (Lipinski definition) is 1. The fourth-order valence-electron chi connectivity index (χ4n) is 1.54. The standard InChI is InChI=1S/C11H10O3/c1-7-6-9(12)10(11(13)14-7)8-4-2-3-5-8/h2-6,8,12H,1H3. The monoisotopic (exact) mass is 190 g/mol. The molecule has 0 saturated heterocycles. The van der Waals surface area contributed by atoms with Crippen LogP contribution < -0.4 is 5.63 Å². The van der Waals surface area contributed by atoms with E-state index in [-0.39, 0.29) is 11.7 Å². The molecule has 1 N–H and O–H groups in total. The third-order valence-electron chi connectivity index (χ3n) is 2.17. The molecule has 0 saturated carbocycles. The summed E-state index contributed by atoms with van der Waals surface area (Å²) < 4.78 is 4.92. The molecule has 0 fully saturated rings. The summed E-state index contributed by atoms with van der Waals surface area (Å²) in [6.45, 7) is 1.63. The van der Waals surface area contributed by atoms with Crippen molar-refractivity contribution in [3.05, 3.63) is 52.1 Å². The lowest BCUT2D eigenvalue weighted by Crippen LogP contribution is -2.10. The van der Waals surface area contributed by atoms with Gasteiger partial charge in [-0.05, 0) is 6.92 Å². The lowest BCUT2D eigenvalue weighted by molar-refractivity contribution is 0.422. The normalized spacial score (nSPS) is 15.2. The largest absolute Gasteiger partial charge is 0.507 e. The Morgan fingerprint density at radius 2 is 2.00 bits per heavy atom. The van der Waals surface area contributed by atoms with Gasteiger partial charge in [0.1, 0.15) is 11.5 Å². The second-order valence-corrected chi connectivity index (χ2v) is 3.24. The van der Waals surface area contributed by atoms with Gasteiger partial charge in [0, 0.05) is 12.0 Å². The van der Waals surface area contributed by atoms with Crippen LogP contribution in [0.15, 0.2) is 39.6 Å². The smallest absolute Gasteiger partial charge is 0.343 e. The maximum Gasteiger partial charge on any atom is 0.343 e. The number of rotatable bonds is 1. The van der Waals surface area contributed by atoms with Gasteiger partial charge in [-0.1, -0.05) is 24.3 Å². The fraction of sp³-hybridized carbons (Fsp3) is 0.182. The Labute approximate surface area is 81.0 Å². The van der Waals surface area contributed by atoms with Crippen molar-refractivity contribution in [1.82, 2.24) is 0 Å². The Morgan fingerprint density at radius 1 is 1.36 bits per heavy atom. The van der Waals surface area contributed by atoms with Crippen molar-refractivity contribution in [3.8, 4) is 5.75 Å². The lowest BCUT2D eigenvalue weighted by Gasteiger charge is -2.06. The highest BCUT2D eigenvalue weighted by molar-refractivity contribution is 5.41. The molecule has 0 unspecified atom stereocenters. The maximum atomic E-state index is 11.5. The first-order valence-electron chi connectivity index (χ1n) is 4.37. The molecule has 1 aliphatic carbocycles. The van der Waals surface area contributed by atoms with Gasteiger partial charge in [0.2, 0.25) is 0 Å². The van der Waals surface area contributed by atoms with Gasteiger partial charge in [-0.25, -0.2) is 4.79 Å². The van der Waals surface area contributed by atoms with Gasteiger partial charge in [-0.15, -0.1) is 0 Å². The van der Waals surface area contributed by atoms with E-state index < -0.39 is 5.63 Å². The van der Waals surface area contributed by atoms with Crippen LogP contribution in [0.3, 0.4) is 0 Å². The molecule has 3 heteroatoms. The van der Waals surface area contributed by atoms with Crippen molar-refractivity contribution in [2.75, 3.05) is 0 Å². The molecule has 0 atom stereocenters. The molecule has 3 nitrogen and oxygen atoms in total. The molecular weight excluding hydrogens is 180 g/mol. The van der Waals surface area contributed by atoms with Gasteiger partial charge in [0.15, 0.2) is 0 Å². The molecule has 2 rings (SSSR count). The number of hydrogen-bond acceptors (Lipinski definition) is 3. The third kappa shape index (κ3) is 1.37. The second kappa shape index (κ2) is 3.18. The van der Waals surface area contributed by atoms with Gasteiger partial charge in [0.05, 0.1) is 5.56 Å². The van der Waals surface area contributed by atoms with Gasteiger partial charge in [-0.3, -0.25) is 0 Å². The zero-order chi connectivity index (χ0) is 10.1. The van der Waals surface area contributed by atoms with E-state index in [0.29, 0.717) is 11.3 Å². The van der Waals surface area contributed by atoms with E-state index >= 15 is 0 Å². The van der Waals surface area contributed by atoms with Gasteiger partial charge in [0.25, 0.3) is 0 Å². The Kier molecular flexibility index (Phi) is 2.00. The molecule has 1 aromatic heterocycles. The van der Waals surface area contributed by atoms with Crippen LogP contribution in [0.4, 0.5) is 0 Å². The van der Waals surface area contributed by atoms with Crippen LogP contribution in [-0.4, -0.2) is 5.11 Å². The maximum absolute atomic E-state index is 11.5. The van der Waals surface area contributed by atoms with Crippen molar-refractivity contribution in [1.29, 1.82) is 0 Å². The molecule has 1 heterocycles. The Morgan fingerprint density at radius 3 is 2.57 bits per heavy atom. The first-order valence-corrected chi connectivity index (χ1v) is 4.37. The van der Waals surface area contributed by atoms with E-state index in [9.17, 15) is 9.90 Å². The quantitative estimate of drug-likeness (QED) is 0.735. The van der Waals surface area contributed by atoms with E-state index in [2.05, 4.69) is 0 Å². The first-order chi connectivity index (χ1) is 6.68. The summed E-state index contributed by atoms with van der Waals surface area (Å²) in [7, 11) is 0. The predicted molar refractivity (Wildman–Crippen MR) is 52.4 cm³/mol. The third-order valence-corrected chi connectivity index (χ3v) is 2.17. The SMILES string of the molecule is Cc1cc(O)c(C2C=CC=C2)c(=O)o1. The second-order valence-electron chi connectivity index (χ2n) is 3.24. The summed E-state index contributed by atoms with van der Waals surface area (Å²) in [5, 5.41) is 9.60. The summed E-state index contributed by atoms with van der Waals surface area (Å²) in [4.78, 5) is 11.5. The van der Waals surface area contributed by atoms with Crippen LogP contribution in [0.1, 0.15) is 17.2 Å². The van der Waals surface area contributed by atoms with E-state index in [0.717, 1.165) is 0 Å². The molecule has 0 spiro atoms. The summed E-state index contributed by atoms with van der Waals surface area (Å²) >= 11 is 0. The molecule has 72 valence electrons. The average molecular weight is 190 g/mol. The minimum Gasteiger partial charge on any atom is -0.507 e. The van der Waals surface area contributed by atoms with E-state index in [1.54, 1.807) is 6.92 Å². The molecule has 0 aliphatic heterocycles. The van der Waals surface area contributed by atoms with Crippen molar-refractivity contribution in [2.24, 2.45) is 0 Å². The van der Waals surface area contributed by atoms with Crippen molar-refractivity contribution >= 4 is 0 Å². The zero-order valence-electron chi connectivity index (χ0n) is 7.73. The Balaban J connectivity index is 2.58. The molecule has 14 heavy (non-hydrogen) atoms. The van der Waals surface area contributed by atoms with E-state index in [4.69, 9.17) is 4.42 Å². The van der Waals surface area contributed by atoms with Crippen LogP contribution in [0.25, 0.3) is 0 Å². The summed E-state index contributed by atoms with van der Waals surface area (Å²) in [6, 6.07) is 1.46. The van der Waals surface area contributed by atoms with Crippen LogP contribution in [0.2, 0.25) is 0 Å². The lowest BCUT2D eigenvalue weighted by atomic mass is 10.0. The Hall–Kier alpha value is -1.77. The van der Waals surface area contributed by atoms with Crippen molar-refractivity contribution in [2.45, 2.75) is 12.8 Å². The van der Waals surface area contributed by atoms with E-state index in [1.807, 2.05) is 24.3 Å². The van der Waals surface area contributed by atoms with Crippen LogP contribution in [0, 0.1) is 6.92 Å². The van der Waals surface area contributed by atoms with Crippen LogP contribution >= 0.6 is 0 Å². The zero-order valence-corrected chi connectivity index (χ0v) is 7.73. The molecule has 0 bridgehead atoms. The predicted octanol–water partition coefficient (Wildman–Crippen LogP) is 1.86. The van der Waals surface area contributed by atoms with Crippen molar-refractivity contribution < 1.29 is 9.52 Å². The van der Waals surface area contributed by atoms with Gasteiger partial charge < -0.3 is 9.52 Å². The van der Waals surface area contributed by atoms with Crippen LogP contribution in [0.5, 0.6) is 5.75 Å². The molecule has 0 amide bonds. The summed E-state index contributed by atoms with van der Waals surface area (Å²) in [6.07, 6.45) is 7.34. The molecule has 0 radical (unpaired) electrons. The molecular formula is C11H10O3. The highest BCUT2D eigenvalue weighted by Crippen LogP contribution is 2.27. The number of allylic oxidation sites excluding steroid dienone is 4. The van der Waals surface area contributed by atoms with Crippen molar-refractivity contribution in [3.63, 3.8) is 0 Å². The highest BCUT2D eigenvalue weighted by atomic mass is 16.4. The average Bonchev–Trinajstić information content (AvgIpc) is 2.54. The van der Waals surface area contributed by atoms with Gasteiger partial charge in [-0.2, -0.15) is 0 Å². The summed E-state index contributed by atoms with van der Waals surface area (Å²) in [5.41, 5.74) is -0.163. The first kappa shape index (κ1) is 8.81. The Bertz CT molecular complexity index is 454. The molecule has 1 aromatic rings. The highest BCUT2D eigenvalue weighted by Gasteiger charge is 2.17. The number of aryl methyl sites for hydroxylation is 1. The minimum atomic E-state index is -0.469. The minimum absolute atomic E-state index is 0.0000463. The topological polar surface area (TPSA) is 50.4 Å². The molecule has 0 aromatic carbocycles. The number of aromatic hydroxyl groups is 1. The fourth-order valence-corrected chi connectivity index (χ4v) is 1.54. The summed E-state index contributed by atoms with van der Waals surface area (Å²) in [5.74, 6) is 0.258. The van der Waals surface area contributed by atoms with E-state index in [1.165, 1.54) is 6.07 Å².